The van der Waals surface area contributed by atoms with Gasteiger partial charge in [0.05, 0.1) is 5.88 Å². The zero-order chi connectivity index (χ0) is 13.0. The summed E-state index contributed by atoms with van der Waals surface area (Å²) in [5.74, 6) is 1.35. The van der Waals surface area contributed by atoms with E-state index in [0.29, 0.717) is 12.5 Å². The van der Waals surface area contributed by atoms with Gasteiger partial charge in [-0.05, 0) is 31.0 Å². The predicted octanol–water partition coefficient (Wildman–Crippen LogP) is 4.62. The second-order valence-corrected chi connectivity index (χ2v) is 4.73. The van der Waals surface area contributed by atoms with Crippen molar-refractivity contribution >= 4 is 11.6 Å². The lowest BCUT2D eigenvalue weighted by atomic mass is 10.1. The molecule has 0 atom stereocenters. The monoisotopic (exact) mass is 260 g/mol. The zero-order valence-electron chi connectivity index (χ0n) is 10.7. The van der Waals surface area contributed by atoms with Crippen molar-refractivity contribution in [2.45, 2.75) is 26.3 Å². The maximum atomic E-state index is 5.94. The van der Waals surface area contributed by atoms with Gasteiger partial charge in [-0.15, -0.1) is 11.6 Å². The van der Waals surface area contributed by atoms with Crippen LogP contribution >= 0.6 is 11.6 Å². The summed E-state index contributed by atoms with van der Waals surface area (Å²) >= 11 is 5.94. The average molecular weight is 261 g/mol. The Kier molecular flexibility index (Phi) is 4.27. The van der Waals surface area contributed by atoms with Gasteiger partial charge in [0.15, 0.2) is 0 Å². The quantitative estimate of drug-likeness (QED) is 0.729. The Morgan fingerprint density at radius 3 is 2.50 bits per heavy atom. The summed E-state index contributed by atoms with van der Waals surface area (Å²) in [5.41, 5.74) is 4.70. The standard InChI is InChI=1S/C16H17ClO/c1-12-7-8-16(15(9-12)10-17)18-11-14-6-4-3-5-13(14)2/h3-9H,10-11H2,1-2H3. The van der Waals surface area contributed by atoms with Crippen LogP contribution in [-0.2, 0) is 12.5 Å². The molecule has 0 bridgehead atoms. The molecule has 1 nitrogen and oxygen atoms in total. The molecule has 0 radical (unpaired) electrons. The van der Waals surface area contributed by atoms with Gasteiger partial charge in [0.1, 0.15) is 12.4 Å². The van der Waals surface area contributed by atoms with Crippen molar-refractivity contribution in [3.8, 4) is 5.75 Å². The number of benzene rings is 2. The molecule has 0 spiro atoms. The van der Waals surface area contributed by atoms with Gasteiger partial charge in [0.25, 0.3) is 0 Å². The van der Waals surface area contributed by atoms with E-state index in [9.17, 15) is 0 Å². The molecule has 0 aromatic heterocycles. The van der Waals surface area contributed by atoms with Gasteiger partial charge in [0, 0.05) is 5.56 Å². The first-order valence-corrected chi connectivity index (χ1v) is 6.57. The Labute approximate surface area is 113 Å². The maximum Gasteiger partial charge on any atom is 0.124 e. The van der Waals surface area contributed by atoms with Crippen LogP contribution in [-0.4, -0.2) is 0 Å². The predicted molar refractivity (Wildman–Crippen MR) is 76.2 cm³/mol. The van der Waals surface area contributed by atoms with Gasteiger partial charge < -0.3 is 4.74 Å². The lowest BCUT2D eigenvalue weighted by Crippen LogP contribution is -1.99. The molecule has 2 heteroatoms. The molecule has 2 aromatic carbocycles. The smallest absolute Gasteiger partial charge is 0.124 e. The van der Waals surface area contributed by atoms with Crippen LogP contribution in [0.4, 0.5) is 0 Å². The summed E-state index contributed by atoms with van der Waals surface area (Å²) in [6, 6.07) is 14.4. The van der Waals surface area contributed by atoms with Crippen LogP contribution < -0.4 is 4.74 Å². The Hall–Kier alpha value is -1.47. The van der Waals surface area contributed by atoms with Gasteiger partial charge in [0.2, 0.25) is 0 Å². The zero-order valence-corrected chi connectivity index (χ0v) is 11.5. The first-order valence-electron chi connectivity index (χ1n) is 6.03. The van der Waals surface area contributed by atoms with E-state index in [-0.39, 0.29) is 0 Å². The molecule has 0 saturated carbocycles. The lowest BCUT2D eigenvalue weighted by molar-refractivity contribution is 0.303. The highest BCUT2D eigenvalue weighted by atomic mass is 35.5. The number of hydrogen-bond donors (Lipinski definition) is 0. The van der Waals surface area contributed by atoms with Gasteiger partial charge in [-0.2, -0.15) is 0 Å². The SMILES string of the molecule is Cc1ccc(OCc2ccccc2C)c(CCl)c1. The van der Waals surface area contributed by atoms with E-state index in [1.807, 2.05) is 24.3 Å². The summed E-state index contributed by atoms with van der Waals surface area (Å²) in [4.78, 5) is 0. The van der Waals surface area contributed by atoms with Crippen LogP contribution in [0.25, 0.3) is 0 Å². The molecular formula is C16H17ClO. The summed E-state index contributed by atoms with van der Waals surface area (Å²) in [5, 5.41) is 0. The van der Waals surface area contributed by atoms with Crippen molar-refractivity contribution in [1.29, 1.82) is 0 Å². The maximum absolute atomic E-state index is 5.94. The Morgan fingerprint density at radius 1 is 1.00 bits per heavy atom. The Bertz CT molecular complexity index is 534. The molecule has 0 aliphatic heterocycles. The third-order valence-electron chi connectivity index (χ3n) is 3.00. The van der Waals surface area contributed by atoms with Crippen molar-refractivity contribution in [1.82, 2.24) is 0 Å². The molecule has 0 N–H and O–H groups in total. The second kappa shape index (κ2) is 5.92. The van der Waals surface area contributed by atoms with Crippen LogP contribution in [0.1, 0.15) is 22.3 Å². The van der Waals surface area contributed by atoms with Gasteiger partial charge in [-0.3, -0.25) is 0 Å². The fourth-order valence-electron chi connectivity index (χ4n) is 1.88. The van der Waals surface area contributed by atoms with E-state index >= 15 is 0 Å². The molecule has 0 unspecified atom stereocenters. The van der Waals surface area contributed by atoms with Crippen LogP contribution in [0, 0.1) is 13.8 Å². The number of halogens is 1. The van der Waals surface area contributed by atoms with E-state index < -0.39 is 0 Å². The summed E-state index contributed by atoms with van der Waals surface area (Å²) in [6.07, 6.45) is 0. The number of hydrogen-bond acceptors (Lipinski definition) is 1. The van der Waals surface area contributed by atoms with E-state index in [0.717, 1.165) is 11.3 Å². The number of rotatable bonds is 4. The Balaban J connectivity index is 2.13. The van der Waals surface area contributed by atoms with Crippen molar-refractivity contribution in [2.24, 2.45) is 0 Å². The van der Waals surface area contributed by atoms with Crippen LogP contribution in [0.15, 0.2) is 42.5 Å². The first kappa shape index (κ1) is 13.0. The van der Waals surface area contributed by atoms with Crippen molar-refractivity contribution < 1.29 is 4.74 Å². The minimum Gasteiger partial charge on any atom is -0.489 e. The van der Waals surface area contributed by atoms with Crippen LogP contribution in [0.5, 0.6) is 5.75 Å². The van der Waals surface area contributed by atoms with Crippen molar-refractivity contribution in [2.75, 3.05) is 0 Å². The third kappa shape index (κ3) is 3.05. The number of aryl methyl sites for hydroxylation is 2. The van der Waals surface area contributed by atoms with Gasteiger partial charge in [-0.25, -0.2) is 0 Å². The molecule has 0 saturated heterocycles. The molecule has 0 heterocycles. The highest BCUT2D eigenvalue weighted by Crippen LogP contribution is 2.23. The molecule has 0 aliphatic rings. The van der Waals surface area contributed by atoms with E-state index in [1.165, 1.54) is 16.7 Å². The van der Waals surface area contributed by atoms with Crippen molar-refractivity contribution in [3.05, 3.63) is 64.7 Å². The highest BCUT2D eigenvalue weighted by Gasteiger charge is 2.04. The molecule has 2 aromatic rings. The second-order valence-electron chi connectivity index (χ2n) is 4.46. The average Bonchev–Trinajstić information content (AvgIpc) is 2.39. The number of ether oxygens (including phenoxy) is 1. The first-order chi connectivity index (χ1) is 8.70. The fourth-order valence-corrected chi connectivity index (χ4v) is 2.09. The van der Waals surface area contributed by atoms with Crippen molar-refractivity contribution in [3.63, 3.8) is 0 Å². The molecule has 94 valence electrons. The van der Waals surface area contributed by atoms with Crippen LogP contribution in [0.3, 0.4) is 0 Å². The highest BCUT2D eigenvalue weighted by molar-refractivity contribution is 6.17. The summed E-state index contributed by atoms with van der Waals surface area (Å²) < 4.78 is 5.87. The summed E-state index contributed by atoms with van der Waals surface area (Å²) in [6.45, 7) is 4.73. The third-order valence-corrected chi connectivity index (χ3v) is 3.29. The molecule has 0 amide bonds. The Morgan fingerprint density at radius 2 is 1.78 bits per heavy atom. The van der Waals surface area contributed by atoms with E-state index in [2.05, 4.69) is 32.0 Å². The molecule has 0 aliphatic carbocycles. The lowest BCUT2D eigenvalue weighted by Gasteiger charge is -2.12. The van der Waals surface area contributed by atoms with Crippen LogP contribution in [0.2, 0.25) is 0 Å². The minimum absolute atomic E-state index is 0.477. The molecule has 2 rings (SSSR count). The molecule has 0 fully saturated rings. The number of alkyl halides is 1. The normalized spacial score (nSPS) is 10.4. The molecular weight excluding hydrogens is 244 g/mol. The minimum atomic E-state index is 0.477. The topological polar surface area (TPSA) is 9.23 Å². The molecule has 18 heavy (non-hydrogen) atoms. The van der Waals surface area contributed by atoms with E-state index in [1.54, 1.807) is 0 Å². The largest absolute Gasteiger partial charge is 0.489 e. The van der Waals surface area contributed by atoms with Gasteiger partial charge >= 0.3 is 0 Å². The fraction of sp³-hybridized carbons (Fsp3) is 0.250. The van der Waals surface area contributed by atoms with E-state index in [4.69, 9.17) is 16.3 Å². The van der Waals surface area contributed by atoms with Gasteiger partial charge in [-0.1, -0.05) is 42.0 Å². The summed E-state index contributed by atoms with van der Waals surface area (Å²) in [7, 11) is 0.